The summed E-state index contributed by atoms with van der Waals surface area (Å²) in [4.78, 5) is 16.6. The van der Waals surface area contributed by atoms with Crippen molar-refractivity contribution >= 4 is 11.7 Å². The Morgan fingerprint density at radius 2 is 1.86 bits per heavy atom. The van der Waals surface area contributed by atoms with Gasteiger partial charge < -0.3 is 15.0 Å². The maximum absolute atomic E-state index is 12.4. The Morgan fingerprint density at radius 1 is 1.24 bits per heavy atom. The van der Waals surface area contributed by atoms with Gasteiger partial charge in [0.25, 0.3) is 0 Å². The van der Waals surface area contributed by atoms with E-state index in [0.717, 1.165) is 31.9 Å². The van der Waals surface area contributed by atoms with Crippen LogP contribution in [-0.2, 0) is 4.74 Å². The van der Waals surface area contributed by atoms with E-state index in [2.05, 4.69) is 24.1 Å². The van der Waals surface area contributed by atoms with Gasteiger partial charge in [0.05, 0.1) is 6.61 Å². The summed E-state index contributed by atoms with van der Waals surface area (Å²) in [6.07, 6.45) is 0. The number of piperazine rings is 1. The highest BCUT2D eigenvalue weighted by Crippen LogP contribution is 2.17. The molecule has 2 unspecified atom stereocenters. The molecule has 1 fully saturated rings. The smallest absolute Gasteiger partial charge is 0.321 e. The minimum Gasteiger partial charge on any atom is -0.383 e. The number of ether oxygens (including phenoxy) is 1. The zero-order chi connectivity index (χ0) is 15.2. The van der Waals surface area contributed by atoms with Crippen molar-refractivity contribution in [3.8, 4) is 0 Å². The topological polar surface area (TPSA) is 44.8 Å². The molecule has 1 N–H and O–H groups in total. The second-order valence-electron chi connectivity index (χ2n) is 5.63. The average molecular weight is 291 g/mol. The molecule has 116 valence electrons. The number of methoxy groups -OCH3 is 1. The summed E-state index contributed by atoms with van der Waals surface area (Å²) in [6, 6.07) is 10.2. The molecule has 0 bridgehead atoms. The van der Waals surface area contributed by atoms with Gasteiger partial charge in [0, 0.05) is 44.5 Å². The lowest BCUT2D eigenvalue weighted by Crippen LogP contribution is -2.59. The lowest BCUT2D eigenvalue weighted by atomic mass is 10.1. The van der Waals surface area contributed by atoms with Gasteiger partial charge in [0.1, 0.15) is 0 Å². The molecule has 5 nitrogen and oxygen atoms in total. The molecular weight excluding hydrogens is 266 g/mol. The zero-order valence-electron chi connectivity index (χ0n) is 13.1. The summed E-state index contributed by atoms with van der Waals surface area (Å²) in [6.45, 7) is 7.44. The number of carbonyl (C=O) groups excluding carboxylic acids is 1. The minimum absolute atomic E-state index is 0.0220. The number of nitrogens with one attached hydrogen (secondary N) is 1. The Bertz CT molecular complexity index is 440. The Hall–Kier alpha value is -1.59. The van der Waals surface area contributed by atoms with Crippen LogP contribution in [0.4, 0.5) is 10.5 Å². The van der Waals surface area contributed by atoms with Crippen LogP contribution in [0.15, 0.2) is 30.3 Å². The standard InChI is InChI=1S/C16H25N3O2/c1-13-11-18(12-14(2)19(13)9-10-21-3)16(20)17-15-7-5-4-6-8-15/h4-8,13-14H,9-12H2,1-3H3,(H,17,20). The molecule has 0 saturated carbocycles. The molecule has 1 aromatic carbocycles. The largest absolute Gasteiger partial charge is 0.383 e. The fraction of sp³-hybridized carbons (Fsp3) is 0.562. The van der Waals surface area contributed by atoms with Gasteiger partial charge in [-0.3, -0.25) is 4.90 Å². The van der Waals surface area contributed by atoms with Crippen LogP contribution in [0, 0.1) is 0 Å². The van der Waals surface area contributed by atoms with Gasteiger partial charge in [-0.1, -0.05) is 18.2 Å². The molecule has 0 aromatic heterocycles. The molecule has 5 heteroatoms. The summed E-state index contributed by atoms with van der Waals surface area (Å²) in [5, 5.41) is 2.95. The molecule has 2 amide bonds. The van der Waals surface area contributed by atoms with E-state index < -0.39 is 0 Å². The van der Waals surface area contributed by atoms with Gasteiger partial charge in [-0.15, -0.1) is 0 Å². The summed E-state index contributed by atoms with van der Waals surface area (Å²) < 4.78 is 5.16. The first-order valence-electron chi connectivity index (χ1n) is 7.47. The third-order valence-electron chi connectivity index (χ3n) is 3.97. The number of rotatable bonds is 4. The Labute approximate surface area is 126 Å². The molecule has 1 saturated heterocycles. The van der Waals surface area contributed by atoms with Crippen LogP contribution in [0.5, 0.6) is 0 Å². The number of carbonyl (C=O) groups is 1. The SMILES string of the molecule is COCCN1C(C)CN(C(=O)Nc2ccccc2)CC1C. The zero-order valence-corrected chi connectivity index (χ0v) is 13.1. The maximum atomic E-state index is 12.4. The number of anilines is 1. The van der Waals surface area contributed by atoms with Crippen molar-refractivity contribution in [2.24, 2.45) is 0 Å². The van der Waals surface area contributed by atoms with Gasteiger partial charge in [0.2, 0.25) is 0 Å². The number of benzene rings is 1. The van der Waals surface area contributed by atoms with E-state index >= 15 is 0 Å². The van der Waals surface area contributed by atoms with Crippen LogP contribution < -0.4 is 5.32 Å². The van der Waals surface area contributed by atoms with Crippen molar-refractivity contribution in [3.05, 3.63) is 30.3 Å². The molecule has 2 rings (SSSR count). The van der Waals surface area contributed by atoms with Crippen molar-refractivity contribution in [1.82, 2.24) is 9.80 Å². The van der Waals surface area contributed by atoms with Crippen LogP contribution >= 0.6 is 0 Å². The molecule has 0 spiro atoms. The average Bonchev–Trinajstić information content (AvgIpc) is 2.47. The first-order valence-corrected chi connectivity index (χ1v) is 7.47. The van der Waals surface area contributed by atoms with E-state index in [0.29, 0.717) is 12.1 Å². The Balaban J connectivity index is 1.92. The molecule has 0 aliphatic carbocycles. The minimum atomic E-state index is -0.0220. The Morgan fingerprint density at radius 3 is 2.43 bits per heavy atom. The fourth-order valence-electron chi connectivity index (χ4n) is 2.88. The van der Waals surface area contributed by atoms with Gasteiger partial charge in [-0.05, 0) is 26.0 Å². The summed E-state index contributed by atoms with van der Waals surface area (Å²) in [5.41, 5.74) is 0.838. The summed E-state index contributed by atoms with van der Waals surface area (Å²) in [7, 11) is 1.72. The number of hydrogen-bond acceptors (Lipinski definition) is 3. The first-order chi connectivity index (χ1) is 10.1. The third kappa shape index (κ3) is 4.19. The molecule has 1 aliphatic heterocycles. The number of nitrogens with zero attached hydrogens (tertiary/aromatic N) is 2. The molecule has 1 aliphatic rings. The highest BCUT2D eigenvalue weighted by atomic mass is 16.5. The predicted octanol–water partition coefficient (Wildman–Crippen LogP) is 2.26. The van der Waals surface area contributed by atoms with Crippen LogP contribution in [0.25, 0.3) is 0 Å². The number of urea groups is 1. The number of para-hydroxylation sites is 1. The van der Waals surface area contributed by atoms with Crippen LogP contribution in [0.1, 0.15) is 13.8 Å². The van der Waals surface area contributed by atoms with Crippen molar-refractivity contribution in [1.29, 1.82) is 0 Å². The Kier molecular flexibility index (Phi) is 5.59. The van der Waals surface area contributed by atoms with Crippen LogP contribution in [0.3, 0.4) is 0 Å². The molecule has 21 heavy (non-hydrogen) atoms. The van der Waals surface area contributed by atoms with E-state index in [-0.39, 0.29) is 6.03 Å². The lowest BCUT2D eigenvalue weighted by molar-refractivity contribution is 0.0373. The molecule has 1 aromatic rings. The molecular formula is C16H25N3O2. The van der Waals surface area contributed by atoms with E-state index in [4.69, 9.17) is 4.74 Å². The quantitative estimate of drug-likeness (QED) is 0.925. The number of amides is 2. The third-order valence-corrected chi connectivity index (χ3v) is 3.97. The number of hydrogen-bond donors (Lipinski definition) is 1. The monoisotopic (exact) mass is 291 g/mol. The van der Waals surface area contributed by atoms with Crippen molar-refractivity contribution in [3.63, 3.8) is 0 Å². The van der Waals surface area contributed by atoms with Gasteiger partial charge in [-0.2, -0.15) is 0 Å². The highest BCUT2D eigenvalue weighted by molar-refractivity contribution is 5.89. The van der Waals surface area contributed by atoms with Crippen molar-refractivity contribution < 1.29 is 9.53 Å². The predicted molar refractivity (Wildman–Crippen MR) is 84.5 cm³/mol. The van der Waals surface area contributed by atoms with E-state index in [1.54, 1.807) is 7.11 Å². The van der Waals surface area contributed by atoms with Gasteiger partial charge >= 0.3 is 6.03 Å². The second-order valence-corrected chi connectivity index (χ2v) is 5.63. The molecule has 0 radical (unpaired) electrons. The molecule has 1 heterocycles. The fourth-order valence-corrected chi connectivity index (χ4v) is 2.88. The van der Waals surface area contributed by atoms with E-state index in [1.165, 1.54) is 0 Å². The first kappa shape index (κ1) is 15.8. The second kappa shape index (κ2) is 7.43. The van der Waals surface area contributed by atoms with Crippen molar-refractivity contribution in [2.75, 3.05) is 38.7 Å². The summed E-state index contributed by atoms with van der Waals surface area (Å²) >= 11 is 0. The highest BCUT2D eigenvalue weighted by Gasteiger charge is 2.31. The van der Waals surface area contributed by atoms with Crippen molar-refractivity contribution in [2.45, 2.75) is 25.9 Å². The van der Waals surface area contributed by atoms with Crippen LogP contribution in [0.2, 0.25) is 0 Å². The van der Waals surface area contributed by atoms with Gasteiger partial charge in [0.15, 0.2) is 0 Å². The maximum Gasteiger partial charge on any atom is 0.321 e. The normalized spacial score (nSPS) is 23.1. The van der Waals surface area contributed by atoms with E-state index in [9.17, 15) is 4.79 Å². The van der Waals surface area contributed by atoms with E-state index in [1.807, 2.05) is 35.2 Å². The summed E-state index contributed by atoms with van der Waals surface area (Å²) in [5.74, 6) is 0. The van der Waals surface area contributed by atoms with Crippen LogP contribution in [-0.4, -0.2) is 61.3 Å². The lowest BCUT2D eigenvalue weighted by Gasteiger charge is -2.44. The van der Waals surface area contributed by atoms with Gasteiger partial charge in [-0.25, -0.2) is 4.79 Å². The molecule has 2 atom stereocenters.